The number of carbonyl (C=O) groups excluding carboxylic acids is 2. The number of benzene rings is 1. The fourth-order valence-electron chi connectivity index (χ4n) is 4.64. The van der Waals surface area contributed by atoms with Crippen LogP contribution in [0.2, 0.25) is 0 Å². The van der Waals surface area contributed by atoms with Crippen LogP contribution in [-0.2, 0) is 17.4 Å². The molecule has 0 saturated carbocycles. The van der Waals surface area contributed by atoms with Crippen molar-refractivity contribution in [2.75, 3.05) is 33.3 Å². The van der Waals surface area contributed by atoms with Crippen molar-refractivity contribution >= 4 is 11.8 Å². The first-order valence-electron chi connectivity index (χ1n) is 11.7. The number of methoxy groups -OCH3 is 1. The maximum absolute atomic E-state index is 13.7. The molecule has 0 spiro atoms. The highest BCUT2D eigenvalue weighted by atomic mass is 19.4. The summed E-state index contributed by atoms with van der Waals surface area (Å²) in [5.41, 5.74) is -0.733. The maximum atomic E-state index is 13.7. The summed E-state index contributed by atoms with van der Waals surface area (Å²) in [5, 5.41) is 3.80. The Morgan fingerprint density at radius 2 is 1.76 bits per heavy atom. The lowest BCUT2D eigenvalue weighted by Crippen LogP contribution is -2.39. The number of nitrogens with zero attached hydrogens (tertiary/aromatic N) is 4. The molecule has 0 radical (unpaired) electrons. The van der Waals surface area contributed by atoms with Gasteiger partial charge in [-0.2, -0.15) is 18.3 Å². The van der Waals surface area contributed by atoms with Crippen LogP contribution >= 0.6 is 0 Å². The van der Waals surface area contributed by atoms with E-state index >= 15 is 0 Å². The second-order valence-electron chi connectivity index (χ2n) is 8.72. The fourth-order valence-corrected chi connectivity index (χ4v) is 4.64. The zero-order valence-corrected chi connectivity index (χ0v) is 19.2. The summed E-state index contributed by atoms with van der Waals surface area (Å²) < 4.78 is 47.2. The summed E-state index contributed by atoms with van der Waals surface area (Å²) in [6.07, 6.45) is 0.286. The van der Waals surface area contributed by atoms with Crippen molar-refractivity contribution in [3.63, 3.8) is 0 Å². The molecule has 0 aliphatic carbocycles. The van der Waals surface area contributed by atoms with Gasteiger partial charge in [0, 0.05) is 38.2 Å². The van der Waals surface area contributed by atoms with Crippen LogP contribution in [0.25, 0.3) is 5.69 Å². The molecule has 1 aromatic carbocycles. The van der Waals surface area contributed by atoms with Crippen LogP contribution in [0.3, 0.4) is 0 Å². The van der Waals surface area contributed by atoms with Crippen LogP contribution in [0.15, 0.2) is 24.3 Å². The number of ether oxygens (including phenoxy) is 1. The molecule has 34 heavy (non-hydrogen) atoms. The Morgan fingerprint density at radius 1 is 1.06 bits per heavy atom. The normalized spacial score (nSPS) is 16.2. The highest BCUT2D eigenvalue weighted by Gasteiger charge is 2.43. The van der Waals surface area contributed by atoms with Gasteiger partial charge in [-0.05, 0) is 56.4 Å². The molecule has 0 unspecified atom stereocenters. The first-order chi connectivity index (χ1) is 16.3. The van der Waals surface area contributed by atoms with Crippen molar-refractivity contribution in [2.45, 2.75) is 51.1 Å². The first-order valence-corrected chi connectivity index (χ1v) is 11.7. The molecular weight excluding hydrogens is 449 g/mol. The summed E-state index contributed by atoms with van der Waals surface area (Å²) in [6.45, 7) is 2.33. The maximum Gasteiger partial charge on any atom is 0.435 e. The van der Waals surface area contributed by atoms with Crippen molar-refractivity contribution in [1.82, 2.24) is 19.6 Å². The molecule has 0 bridgehead atoms. The molecule has 3 heterocycles. The number of aromatic nitrogens is 2. The van der Waals surface area contributed by atoms with Gasteiger partial charge in [0.2, 0.25) is 5.91 Å². The van der Waals surface area contributed by atoms with Gasteiger partial charge in [-0.15, -0.1) is 0 Å². The molecule has 2 aromatic rings. The van der Waals surface area contributed by atoms with Crippen LogP contribution < -0.4 is 4.74 Å². The minimum absolute atomic E-state index is 0.0343. The molecule has 4 rings (SSSR count). The van der Waals surface area contributed by atoms with Gasteiger partial charge in [0.25, 0.3) is 5.91 Å². The number of unbranched alkanes of at least 4 members (excludes halogenated alkanes) is 2. The van der Waals surface area contributed by atoms with Crippen LogP contribution in [-0.4, -0.2) is 64.7 Å². The molecule has 0 N–H and O–H groups in total. The Labute approximate surface area is 196 Å². The minimum atomic E-state index is -4.65. The van der Waals surface area contributed by atoms with Gasteiger partial charge < -0.3 is 14.5 Å². The largest absolute Gasteiger partial charge is 0.497 e. The van der Waals surface area contributed by atoms with Crippen LogP contribution in [0.1, 0.15) is 60.3 Å². The highest BCUT2D eigenvalue weighted by molar-refractivity contribution is 5.96. The first kappa shape index (κ1) is 24.1. The molecule has 184 valence electrons. The summed E-state index contributed by atoms with van der Waals surface area (Å²) in [5.74, 6) is 0.282. The van der Waals surface area contributed by atoms with E-state index in [1.54, 1.807) is 29.2 Å². The zero-order valence-electron chi connectivity index (χ0n) is 19.2. The molecule has 0 atom stereocenters. The Hall–Kier alpha value is -3.04. The number of alkyl halides is 3. The van der Waals surface area contributed by atoms with E-state index in [9.17, 15) is 22.8 Å². The van der Waals surface area contributed by atoms with Gasteiger partial charge in [-0.3, -0.25) is 9.59 Å². The highest BCUT2D eigenvalue weighted by Crippen LogP contribution is 2.36. The van der Waals surface area contributed by atoms with E-state index in [0.717, 1.165) is 43.5 Å². The van der Waals surface area contributed by atoms with E-state index in [-0.39, 0.29) is 30.1 Å². The average Bonchev–Trinajstić information content (AvgIpc) is 3.49. The molecule has 2 aliphatic rings. The average molecular weight is 479 g/mol. The number of halogens is 3. The van der Waals surface area contributed by atoms with Gasteiger partial charge in [0.1, 0.15) is 11.4 Å². The Bertz CT molecular complexity index is 1030. The number of hydrogen-bond acceptors (Lipinski definition) is 4. The number of hydrogen-bond donors (Lipinski definition) is 0. The molecule has 2 aliphatic heterocycles. The molecule has 1 aromatic heterocycles. The second-order valence-corrected chi connectivity index (χ2v) is 8.72. The molecular formula is C24H29F3N4O3. The van der Waals surface area contributed by atoms with Crippen molar-refractivity contribution in [2.24, 2.45) is 0 Å². The van der Waals surface area contributed by atoms with E-state index in [4.69, 9.17) is 4.74 Å². The summed E-state index contributed by atoms with van der Waals surface area (Å²) >= 11 is 0. The number of carbonyl (C=O) groups is 2. The van der Waals surface area contributed by atoms with Crippen LogP contribution in [0, 0.1) is 0 Å². The number of fused-ring (bicyclic) bond motifs is 1. The zero-order chi connectivity index (χ0) is 24.3. The summed E-state index contributed by atoms with van der Waals surface area (Å²) in [6, 6.07) is 6.39. The topological polar surface area (TPSA) is 67.7 Å². The lowest BCUT2D eigenvalue weighted by Gasteiger charge is -2.28. The van der Waals surface area contributed by atoms with Crippen molar-refractivity contribution < 1.29 is 27.5 Å². The van der Waals surface area contributed by atoms with E-state index in [1.165, 1.54) is 7.11 Å². The molecule has 1 saturated heterocycles. The predicted molar refractivity (Wildman–Crippen MR) is 119 cm³/mol. The number of amides is 2. The van der Waals surface area contributed by atoms with Gasteiger partial charge in [0.05, 0.1) is 12.8 Å². The Morgan fingerprint density at radius 3 is 2.41 bits per heavy atom. The van der Waals surface area contributed by atoms with E-state index in [1.807, 2.05) is 4.90 Å². The Kier molecular flexibility index (Phi) is 7.13. The number of rotatable bonds is 8. The SMILES string of the molecule is COc1ccc(-n2nc(C(F)(F)F)c3c2C(=O)N(CCCCCC(=O)N2CCCC2)CC3)cc1. The minimum Gasteiger partial charge on any atom is -0.497 e. The number of likely N-dealkylation sites (tertiary alicyclic amines) is 1. The van der Waals surface area contributed by atoms with Gasteiger partial charge >= 0.3 is 6.18 Å². The van der Waals surface area contributed by atoms with Crippen LogP contribution in [0.4, 0.5) is 13.2 Å². The second kappa shape index (κ2) is 10.1. The third kappa shape index (κ3) is 5.05. The molecule has 2 amide bonds. The smallest absolute Gasteiger partial charge is 0.435 e. The van der Waals surface area contributed by atoms with Crippen molar-refractivity contribution in [3.05, 3.63) is 41.2 Å². The lowest BCUT2D eigenvalue weighted by molar-refractivity contribution is -0.142. The molecule has 1 fully saturated rings. The van der Waals surface area contributed by atoms with Crippen molar-refractivity contribution in [3.8, 4) is 11.4 Å². The Balaban J connectivity index is 1.44. The predicted octanol–water partition coefficient (Wildman–Crippen LogP) is 4.08. The standard InChI is InChI=1S/C24H29F3N4O3/c1-34-18-10-8-17(9-11-18)31-21-19(22(28-31)24(25,26)27)12-16-30(23(21)33)15-4-2-3-7-20(32)29-13-5-6-14-29/h8-11H,2-7,12-16H2,1H3. The van der Waals surface area contributed by atoms with Gasteiger partial charge in [-0.1, -0.05) is 6.42 Å². The third-order valence-electron chi connectivity index (χ3n) is 6.47. The van der Waals surface area contributed by atoms with E-state index in [2.05, 4.69) is 5.10 Å². The van der Waals surface area contributed by atoms with Gasteiger partial charge in [-0.25, -0.2) is 4.68 Å². The lowest BCUT2D eigenvalue weighted by atomic mass is 10.0. The molecule has 7 nitrogen and oxygen atoms in total. The fraction of sp³-hybridized carbons (Fsp3) is 0.542. The quantitative estimate of drug-likeness (QED) is 0.537. The van der Waals surface area contributed by atoms with Crippen LogP contribution in [0.5, 0.6) is 5.75 Å². The monoisotopic (exact) mass is 478 g/mol. The van der Waals surface area contributed by atoms with Crippen molar-refractivity contribution in [1.29, 1.82) is 0 Å². The van der Waals surface area contributed by atoms with E-state index in [0.29, 0.717) is 30.8 Å². The van der Waals surface area contributed by atoms with Gasteiger partial charge in [0.15, 0.2) is 5.69 Å². The third-order valence-corrected chi connectivity index (χ3v) is 6.47. The summed E-state index contributed by atoms with van der Waals surface area (Å²) in [7, 11) is 1.50. The molecule has 10 heteroatoms. The summed E-state index contributed by atoms with van der Waals surface area (Å²) in [4.78, 5) is 28.9. The van der Waals surface area contributed by atoms with E-state index < -0.39 is 17.8 Å².